The van der Waals surface area contributed by atoms with E-state index in [2.05, 4.69) is 32.2 Å². The molecule has 9 heavy (non-hydrogen) atoms. The largest absolute Gasteiger partial charge is 0.314 e. The third-order valence-electron chi connectivity index (χ3n) is 1.40. The van der Waals surface area contributed by atoms with Crippen molar-refractivity contribution in [3.63, 3.8) is 0 Å². The minimum Gasteiger partial charge on any atom is -0.314 e. The van der Waals surface area contributed by atoms with Crippen LogP contribution in [0.5, 0.6) is 0 Å². The van der Waals surface area contributed by atoms with E-state index in [-0.39, 0.29) is 0 Å². The van der Waals surface area contributed by atoms with Crippen molar-refractivity contribution < 1.29 is 0 Å². The predicted molar refractivity (Wildman–Crippen MR) is 42.6 cm³/mol. The van der Waals surface area contributed by atoms with Crippen LogP contribution in [0, 0.1) is 0 Å². The molecule has 0 aromatic heterocycles. The standard InChI is InChI=1S/C8H17N/c1-4-8(3)6-7-9-5-2/h6,9H,4-5,7H2,1-3H3/b8-6+. The van der Waals surface area contributed by atoms with Crippen LogP contribution in [-0.4, -0.2) is 13.1 Å². The topological polar surface area (TPSA) is 12.0 Å². The summed E-state index contributed by atoms with van der Waals surface area (Å²) in [6.45, 7) is 8.55. The van der Waals surface area contributed by atoms with Crippen molar-refractivity contribution in [2.75, 3.05) is 13.1 Å². The Hall–Kier alpha value is -0.300. The average Bonchev–Trinajstić information content (AvgIpc) is 1.89. The highest BCUT2D eigenvalue weighted by molar-refractivity contribution is 4.97. The lowest BCUT2D eigenvalue weighted by molar-refractivity contribution is 0.793. The molecule has 0 bridgehead atoms. The van der Waals surface area contributed by atoms with E-state index in [1.807, 2.05) is 0 Å². The fourth-order valence-corrected chi connectivity index (χ4v) is 0.535. The van der Waals surface area contributed by atoms with Crippen LogP contribution in [0.15, 0.2) is 11.6 Å². The second kappa shape index (κ2) is 5.83. The Morgan fingerprint density at radius 2 is 2.11 bits per heavy atom. The van der Waals surface area contributed by atoms with E-state index in [0.717, 1.165) is 13.1 Å². The lowest BCUT2D eigenvalue weighted by Gasteiger charge is -1.96. The zero-order valence-electron chi connectivity index (χ0n) is 6.70. The lowest BCUT2D eigenvalue weighted by Crippen LogP contribution is -2.11. The summed E-state index contributed by atoms with van der Waals surface area (Å²) in [7, 11) is 0. The number of allylic oxidation sites excluding steroid dienone is 1. The molecule has 0 aliphatic rings. The lowest BCUT2D eigenvalue weighted by atomic mass is 10.2. The molecule has 0 rings (SSSR count). The maximum absolute atomic E-state index is 3.24. The molecule has 0 atom stereocenters. The molecule has 0 saturated heterocycles. The van der Waals surface area contributed by atoms with Crippen LogP contribution >= 0.6 is 0 Å². The number of nitrogens with one attached hydrogen (secondary N) is 1. The number of hydrogen-bond donors (Lipinski definition) is 1. The van der Waals surface area contributed by atoms with E-state index in [4.69, 9.17) is 0 Å². The Morgan fingerprint density at radius 1 is 1.44 bits per heavy atom. The van der Waals surface area contributed by atoms with Crippen LogP contribution in [0.3, 0.4) is 0 Å². The van der Waals surface area contributed by atoms with E-state index < -0.39 is 0 Å². The average molecular weight is 127 g/mol. The fourth-order valence-electron chi connectivity index (χ4n) is 0.535. The molecule has 1 nitrogen and oxygen atoms in total. The molecule has 0 radical (unpaired) electrons. The van der Waals surface area contributed by atoms with Crippen LogP contribution < -0.4 is 5.32 Å². The first-order valence-electron chi connectivity index (χ1n) is 3.67. The van der Waals surface area contributed by atoms with Gasteiger partial charge in [-0.2, -0.15) is 0 Å². The molecular formula is C8H17N. The second-order valence-electron chi connectivity index (χ2n) is 2.21. The van der Waals surface area contributed by atoms with Gasteiger partial charge in [0.1, 0.15) is 0 Å². The maximum Gasteiger partial charge on any atom is 0.0137 e. The van der Waals surface area contributed by atoms with Gasteiger partial charge in [-0.15, -0.1) is 0 Å². The SMILES string of the molecule is CCNC/C=C(\C)CC. The van der Waals surface area contributed by atoms with Gasteiger partial charge in [0, 0.05) is 6.54 Å². The number of hydrogen-bond acceptors (Lipinski definition) is 1. The van der Waals surface area contributed by atoms with Gasteiger partial charge in [-0.3, -0.25) is 0 Å². The Labute approximate surface area is 58.2 Å². The Balaban J connectivity index is 3.21. The summed E-state index contributed by atoms with van der Waals surface area (Å²) in [4.78, 5) is 0. The molecule has 0 fully saturated rings. The summed E-state index contributed by atoms with van der Waals surface area (Å²) in [5, 5.41) is 3.24. The molecule has 1 N–H and O–H groups in total. The first-order valence-corrected chi connectivity index (χ1v) is 3.67. The highest BCUT2D eigenvalue weighted by Gasteiger charge is 1.80. The molecule has 0 spiro atoms. The Kier molecular flexibility index (Phi) is 5.64. The normalized spacial score (nSPS) is 12.1. The molecule has 0 aromatic carbocycles. The van der Waals surface area contributed by atoms with E-state index >= 15 is 0 Å². The summed E-state index contributed by atoms with van der Waals surface area (Å²) >= 11 is 0. The van der Waals surface area contributed by atoms with Crippen LogP contribution in [0.1, 0.15) is 27.2 Å². The van der Waals surface area contributed by atoms with Crippen molar-refractivity contribution in [2.45, 2.75) is 27.2 Å². The van der Waals surface area contributed by atoms with Gasteiger partial charge in [-0.1, -0.05) is 25.5 Å². The smallest absolute Gasteiger partial charge is 0.0137 e. The van der Waals surface area contributed by atoms with Crippen molar-refractivity contribution in [1.82, 2.24) is 5.32 Å². The number of likely N-dealkylation sites (N-methyl/N-ethyl adjacent to an activating group) is 1. The molecular weight excluding hydrogens is 110 g/mol. The van der Waals surface area contributed by atoms with Crippen molar-refractivity contribution in [1.29, 1.82) is 0 Å². The molecule has 0 unspecified atom stereocenters. The third kappa shape index (κ3) is 5.57. The van der Waals surface area contributed by atoms with E-state index in [1.165, 1.54) is 12.0 Å². The quantitative estimate of drug-likeness (QED) is 0.449. The highest BCUT2D eigenvalue weighted by atomic mass is 14.8. The van der Waals surface area contributed by atoms with E-state index in [1.54, 1.807) is 0 Å². The van der Waals surface area contributed by atoms with Gasteiger partial charge in [-0.05, 0) is 19.9 Å². The third-order valence-corrected chi connectivity index (χ3v) is 1.40. The van der Waals surface area contributed by atoms with Crippen molar-refractivity contribution in [3.05, 3.63) is 11.6 Å². The van der Waals surface area contributed by atoms with E-state index in [9.17, 15) is 0 Å². The molecule has 0 aliphatic heterocycles. The summed E-state index contributed by atoms with van der Waals surface area (Å²) in [5.74, 6) is 0. The van der Waals surface area contributed by atoms with Crippen LogP contribution in [0.25, 0.3) is 0 Å². The van der Waals surface area contributed by atoms with Crippen LogP contribution in [0.4, 0.5) is 0 Å². The van der Waals surface area contributed by atoms with Gasteiger partial charge in [-0.25, -0.2) is 0 Å². The Bertz CT molecular complexity index is 84.6. The second-order valence-corrected chi connectivity index (χ2v) is 2.21. The maximum atomic E-state index is 3.24. The minimum atomic E-state index is 1.02. The van der Waals surface area contributed by atoms with Gasteiger partial charge in [0.05, 0.1) is 0 Å². The number of rotatable bonds is 4. The molecule has 0 aliphatic carbocycles. The molecule has 1 heteroatoms. The Morgan fingerprint density at radius 3 is 2.56 bits per heavy atom. The zero-order valence-corrected chi connectivity index (χ0v) is 6.70. The van der Waals surface area contributed by atoms with Gasteiger partial charge in [0.15, 0.2) is 0 Å². The van der Waals surface area contributed by atoms with Crippen LogP contribution in [-0.2, 0) is 0 Å². The summed E-state index contributed by atoms with van der Waals surface area (Å²) in [6.07, 6.45) is 3.41. The fraction of sp³-hybridized carbons (Fsp3) is 0.750. The van der Waals surface area contributed by atoms with Gasteiger partial charge in [0.2, 0.25) is 0 Å². The summed E-state index contributed by atoms with van der Waals surface area (Å²) < 4.78 is 0. The summed E-state index contributed by atoms with van der Waals surface area (Å²) in [6, 6.07) is 0. The van der Waals surface area contributed by atoms with E-state index in [0.29, 0.717) is 0 Å². The molecule has 0 saturated carbocycles. The minimum absolute atomic E-state index is 1.02. The van der Waals surface area contributed by atoms with Gasteiger partial charge < -0.3 is 5.32 Å². The van der Waals surface area contributed by atoms with Crippen LogP contribution in [0.2, 0.25) is 0 Å². The van der Waals surface area contributed by atoms with Crippen molar-refractivity contribution in [2.24, 2.45) is 0 Å². The first-order chi connectivity index (χ1) is 4.31. The van der Waals surface area contributed by atoms with Crippen molar-refractivity contribution >= 4 is 0 Å². The highest BCUT2D eigenvalue weighted by Crippen LogP contribution is 1.94. The first kappa shape index (κ1) is 8.70. The summed E-state index contributed by atoms with van der Waals surface area (Å²) in [5.41, 5.74) is 1.47. The zero-order chi connectivity index (χ0) is 7.11. The monoisotopic (exact) mass is 127 g/mol. The molecule has 0 amide bonds. The van der Waals surface area contributed by atoms with Gasteiger partial charge in [0.25, 0.3) is 0 Å². The predicted octanol–water partition coefficient (Wildman–Crippen LogP) is 1.95. The molecule has 0 heterocycles. The van der Waals surface area contributed by atoms with Crippen molar-refractivity contribution in [3.8, 4) is 0 Å². The molecule has 54 valence electrons. The van der Waals surface area contributed by atoms with Gasteiger partial charge >= 0.3 is 0 Å². The molecule has 0 aromatic rings.